The van der Waals surface area contributed by atoms with Gasteiger partial charge in [-0.25, -0.2) is 0 Å². The van der Waals surface area contributed by atoms with E-state index in [1.807, 2.05) is 0 Å². The SMILES string of the molecule is NNP(=O)(O)S. The molecule has 0 saturated heterocycles. The highest BCUT2D eigenvalue weighted by atomic mass is 32.7. The summed E-state index contributed by atoms with van der Waals surface area (Å²) in [4.78, 5) is 8.01. The van der Waals surface area contributed by atoms with Crippen molar-refractivity contribution in [2.24, 2.45) is 5.84 Å². The fraction of sp³-hybridized carbons (Fsp3) is 0. The van der Waals surface area contributed by atoms with E-state index in [0.29, 0.717) is 0 Å². The van der Waals surface area contributed by atoms with Gasteiger partial charge in [0.25, 0.3) is 0 Å². The first-order chi connectivity index (χ1) is 2.56. The maximum absolute atomic E-state index is 9.77. The molecule has 1 unspecified atom stereocenters. The highest BCUT2D eigenvalue weighted by Gasteiger charge is 2.03. The fourth-order valence-corrected chi connectivity index (χ4v) is 0. The Morgan fingerprint density at radius 2 is 2.17 bits per heavy atom. The van der Waals surface area contributed by atoms with E-state index in [2.05, 4.69) is 18.1 Å². The van der Waals surface area contributed by atoms with Gasteiger partial charge in [-0.3, -0.25) is 10.4 Å². The molecule has 0 aliphatic rings. The van der Waals surface area contributed by atoms with Crippen LogP contribution in [0.15, 0.2) is 0 Å². The minimum atomic E-state index is -3.42. The summed E-state index contributed by atoms with van der Waals surface area (Å²) in [6.45, 7) is -3.42. The minimum Gasteiger partial charge on any atom is -0.325 e. The molecule has 6 heteroatoms. The molecule has 4 nitrogen and oxygen atoms in total. The molecule has 0 aromatic heterocycles. The van der Waals surface area contributed by atoms with E-state index in [0.717, 1.165) is 0 Å². The number of hydrogen-bond donors (Lipinski definition) is 4. The third kappa shape index (κ3) is 4.46. The van der Waals surface area contributed by atoms with E-state index in [1.165, 1.54) is 0 Å². The molecule has 0 aromatic rings. The minimum absolute atomic E-state index is 1.58. The predicted octanol–water partition coefficient (Wildman–Crippen LogP) is -0.520. The Hall–Kier alpha value is 0.460. The van der Waals surface area contributed by atoms with E-state index in [1.54, 1.807) is 5.20 Å². The van der Waals surface area contributed by atoms with Gasteiger partial charge in [0, 0.05) is 0 Å². The van der Waals surface area contributed by atoms with Crippen LogP contribution in [0.1, 0.15) is 0 Å². The third-order valence-electron chi connectivity index (χ3n) is 0.168. The van der Waals surface area contributed by atoms with Gasteiger partial charge in [0.05, 0.1) is 0 Å². The predicted molar refractivity (Wildman–Crippen MR) is 26.1 cm³/mol. The first-order valence-corrected chi connectivity index (χ1v) is 3.91. The molecule has 6 heavy (non-hydrogen) atoms. The van der Waals surface area contributed by atoms with E-state index in [4.69, 9.17) is 4.89 Å². The zero-order valence-electron chi connectivity index (χ0n) is 2.83. The van der Waals surface area contributed by atoms with Gasteiger partial charge in [-0.1, -0.05) is 12.2 Å². The van der Waals surface area contributed by atoms with Crippen LogP contribution in [0.3, 0.4) is 0 Å². The Labute approximate surface area is 40.4 Å². The molecule has 0 aromatic carbocycles. The second-order valence-corrected chi connectivity index (χ2v) is 3.65. The Balaban J connectivity index is 3.48. The molecule has 0 radical (unpaired) electrons. The highest BCUT2D eigenvalue weighted by molar-refractivity contribution is 8.45. The molecular formula is H5N2O2PS. The van der Waals surface area contributed by atoms with Crippen molar-refractivity contribution in [3.8, 4) is 0 Å². The van der Waals surface area contributed by atoms with Crippen molar-refractivity contribution in [1.29, 1.82) is 0 Å². The van der Waals surface area contributed by atoms with Crippen LogP contribution in [0.5, 0.6) is 0 Å². The lowest BCUT2D eigenvalue weighted by Crippen LogP contribution is -2.14. The van der Waals surface area contributed by atoms with Gasteiger partial charge >= 0.3 is 6.72 Å². The Morgan fingerprint density at radius 3 is 2.17 bits per heavy atom. The zero-order valence-corrected chi connectivity index (χ0v) is 4.62. The number of nitrogens with two attached hydrogens (primary N) is 1. The second kappa shape index (κ2) is 1.95. The van der Waals surface area contributed by atoms with Crippen molar-refractivity contribution < 1.29 is 9.46 Å². The Kier molecular flexibility index (Phi) is 2.10. The Morgan fingerprint density at radius 1 is 2.00 bits per heavy atom. The summed E-state index contributed by atoms with van der Waals surface area (Å²) in [5.41, 5.74) is 0. The average Bonchev–Trinajstić information content (AvgIpc) is 1.35. The molecule has 4 N–H and O–H groups in total. The summed E-state index contributed by atoms with van der Waals surface area (Å²) in [7, 11) is 0. The van der Waals surface area contributed by atoms with Crippen molar-refractivity contribution in [2.45, 2.75) is 0 Å². The number of hydrazine groups is 1. The van der Waals surface area contributed by atoms with E-state index >= 15 is 0 Å². The molecule has 0 bridgehead atoms. The van der Waals surface area contributed by atoms with Crippen molar-refractivity contribution >= 4 is 19.0 Å². The van der Waals surface area contributed by atoms with Gasteiger partial charge in [-0.2, -0.15) is 5.20 Å². The van der Waals surface area contributed by atoms with E-state index in [9.17, 15) is 4.57 Å². The van der Waals surface area contributed by atoms with Crippen molar-refractivity contribution in [3.05, 3.63) is 0 Å². The number of rotatable bonds is 1. The zero-order chi connectivity index (χ0) is 5.21. The van der Waals surface area contributed by atoms with Gasteiger partial charge in [-0.05, 0) is 0 Å². The highest BCUT2D eigenvalue weighted by Crippen LogP contribution is 2.38. The molecule has 0 amide bonds. The fourth-order valence-electron chi connectivity index (χ4n) is 0. The molecule has 0 fully saturated rings. The first-order valence-electron chi connectivity index (χ1n) is 1.09. The van der Waals surface area contributed by atoms with Crippen LogP contribution >= 0.6 is 19.0 Å². The molecule has 0 heterocycles. The van der Waals surface area contributed by atoms with Crippen molar-refractivity contribution in [2.75, 3.05) is 0 Å². The largest absolute Gasteiger partial charge is 0.333 e. The van der Waals surface area contributed by atoms with Crippen LogP contribution in [-0.2, 0) is 4.57 Å². The lowest BCUT2D eigenvalue weighted by atomic mass is 13.0. The van der Waals surface area contributed by atoms with Crippen LogP contribution in [0.4, 0.5) is 0 Å². The van der Waals surface area contributed by atoms with Gasteiger partial charge < -0.3 is 4.89 Å². The van der Waals surface area contributed by atoms with Crippen LogP contribution in [0, 0.1) is 0 Å². The molecule has 0 aliphatic heterocycles. The first kappa shape index (κ1) is 6.46. The van der Waals surface area contributed by atoms with Crippen LogP contribution in [0.2, 0.25) is 0 Å². The van der Waals surface area contributed by atoms with Crippen LogP contribution < -0.4 is 11.0 Å². The molecule has 0 aliphatic carbocycles. The van der Waals surface area contributed by atoms with Crippen LogP contribution in [-0.4, -0.2) is 4.89 Å². The molecule has 0 spiro atoms. The number of thiol groups is 1. The second-order valence-electron chi connectivity index (χ2n) is 0.673. The van der Waals surface area contributed by atoms with Gasteiger partial charge in [0.15, 0.2) is 0 Å². The normalized spacial score (nSPS) is 19.8. The summed E-state index contributed by atoms with van der Waals surface area (Å²) < 4.78 is 9.77. The van der Waals surface area contributed by atoms with Gasteiger partial charge in [0.2, 0.25) is 0 Å². The van der Waals surface area contributed by atoms with E-state index in [-0.39, 0.29) is 0 Å². The monoisotopic (exact) mass is 128 g/mol. The summed E-state index contributed by atoms with van der Waals surface area (Å²) in [6, 6.07) is 0. The smallest absolute Gasteiger partial charge is 0.325 e. The lowest BCUT2D eigenvalue weighted by Gasteiger charge is -1.95. The van der Waals surface area contributed by atoms with Gasteiger partial charge in [0.1, 0.15) is 0 Å². The van der Waals surface area contributed by atoms with Crippen molar-refractivity contribution in [3.63, 3.8) is 0 Å². The molecular weight excluding hydrogens is 123 g/mol. The number of nitrogens with one attached hydrogen (secondary N) is 1. The lowest BCUT2D eigenvalue weighted by molar-refractivity contribution is 0.485. The molecule has 38 valence electrons. The quantitative estimate of drug-likeness (QED) is 0.166. The topological polar surface area (TPSA) is 75.3 Å². The molecule has 0 rings (SSSR count). The van der Waals surface area contributed by atoms with Crippen molar-refractivity contribution in [1.82, 2.24) is 5.20 Å². The standard InChI is InChI=1S/H5N2O2PS/c1-2-5(3,4)6/h1H2,(H3,2,3,4,6). The summed E-state index contributed by atoms with van der Waals surface area (Å²) in [6.07, 6.45) is 0. The van der Waals surface area contributed by atoms with Crippen LogP contribution in [0.25, 0.3) is 0 Å². The van der Waals surface area contributed by atoms with E-state index < -0.39 is 6.72 Å². The Bertz CT molecular complexity index is 75.6. The average molecular weight is 128 g/mol. The number of hydrogen-bond acceptors (Lipinski definition) is 2. The van der Waals surface area contributed by atoms with Gasteiger partial charge in [-0.15, -0.1) is 0 Å². The maximum Gasteiger partial charge on any atom is 0.333 e. The summed E-state index contributed by atoms with van der Waals surface area (Å²) in [5.74, 6) is 4.47. The summed E-state index contributed by atoms with van der Waals surface area (Å²) in [5, 5.41) is 1.58. The summed E-state index contributed by atoms with van der Waals surface area (Å²) >= 11 is 3.13. The molecule has 0 saturated carbocycles. The third-order valence-corrected chi connectivity index (χ3v) is 0.851. The maximum atomic E-state index is 9.77. The molecule has 1 atom stereocenters.